The normalized spacial score (nSPS) is 18.2. The predicted molar refractivity (Wildman–Crippen MR) is 85.6 cm³/mol. The number of nitrogens with two attached hydrogens (primary N) is 1. The van der Waals surface area contributed by atoms with Crippen molar-refractivity contribution >= 4 is 23.1 Å². The maximum Gasteiger partial charge on any atom is 0.226 e. The van der Waals surface area contributed by atoms with E-state index in [0.717, 1.165) is 30.6 Å². The number of amides is 1. The number of hydrogen-bond donors (Lipinski definition) is 1. The fourth-order valence-electron chi connectivity index (χ4n) is 2.78. The van der Waals surface area contributed by atoms with Crippen molar-refractivity contribution in [3.8, 4) is 0 Å². The third-order valence-corrected chi connectivity index (χ3v) is 4.16. The van der Waals surface area contributed by atoms with Gasteiger partial charge in [-0.15, -0.1) is 0 Å². The maximum absolute atomic E-state index is 12.3. The molecule has 1 aromatic rings. The molecule has 1 unspecified atom stereocenters. The van der Waals surface area contributed by atoms with Gasteiger partial charge in [0.2, 0.25) is 5.91 Å². The lowest BCUT2D eigenvalue weighted by molar-refractivity contribution is -0.129. The highest BCUT2D eigenvalue weighted by Gasteiger charge is 2.25. The van der Waals surface area contributed by atoms with Crippen LogP contribution in [0.2, 0.25) is 0 Å². The Bertz CT molecular complexity index is 484. The summed E-state index contributed by atoms with van der Waals surface area (Å²) in [6.45, 7) is 4.04. The molecule has 2 rings (SSSR count). The van der Waals surface area contributed by atoms with Crippen LogP contribution in [0.3, 0.4) is 0 Å². The first kappa shape index (κ1) is 15.0. The Labute approximate surface area is 126 Å². The first-order valence-corrected chi connectivity index (χ1v) is 7.67. The van der Waals surface area contributed by atoms with Gasteiger partial charge in [0.25, 0.3) is 0 Å². The van der Waals surface area contributed by atoms with Crippen LogP contribution in [-0.2, 0) is 11.2 Å². The minimum atomic E-state index is 0.228. The Hall–Kier alpha value is -1.42. The van der Waals surface area contributed by atoms with Crippen molar-refractivity contribution in [3.05, 3.63) is 35.4 Å². The molecule has 1 aliphatic rings. The quantitative estimate of drug-likeness (QED) is 0.848. The number of likely N-dealkylation sites (tertiary alicyclic amines) is 1. The fraction of sp³-hybridized carbons (Fsp3) is 0.500. The molecule has 0 saturated carbocycles. The van der Waals surface area contributed by atoms with Crippen LogP contribution in [-0.4, -0.2) is 28.9 Å². The van der Waals surface area contributed by atoms with E-state index in [-0.39, 0.29) is 5.91 Å². The molecular formula is C16H22N2OS. The van der Waals surface area contributed by atoms with Crippen molar-refractivity contribution in [1.82, 2.24) is 4.90 Å². The number of benzene rings is 1. The maximum atomic E-state index is 12.3. The van der Waals surface area contributed by atoms with Gasteiger partial charge in [0, 0.05) is 18.7 Å². The van der Waals surface area contributed by atoms with Crippen LogP contribution < -0.4 is 5.73 Å². The van der Waals surface area contributed by atoms with E-state index in [1.165, 1.54) is 12.8 Å². The molecule has 0 bridgehead atoms. The lowest BCUT2D eigenvalue weighted by Gasteiger charge is -2.16. The van der Waals surface area contributed by atoms with Gasteiger partial charge in [0.05, 0.1) is 6.42 Å². The van der Waals surface area contributed by atoms with E-state index in [1.807, 2.05) is 29.2 Å². The van der Waals surface area contributed by atoms with Crippen molar-refractivity contribution < 1.29 is 4.79 Å². The Balaban J connectivity index is 1.90. The molecule has 0 spiro atoms. The molecule has 1 fully saturated rings. The monoisotopic (exact) mass is 290 g/mol. The second kappa shape index (κ2) is 6.84. The number of hydrogen-bond acceptors (Lipinski definition) is 2. The highest BCUT2D eigenvalue weighted by atomic mass is 32.1. The minimum absolute atomic E-state index is 0.228. The Morgan fingerprint density at radius 2 is 2.10 bits per heavy atom. The summed E-state index contributed by atoms with van der Waals surface area (Å²) in [5, 5.41) is 0. The van der Waals surface area contributed by atoms with Crippen LogP contribution >= 0.6 is 12.2 Å². The fourth-order valence-corrected chi connectivity index (χ4v) is 2.91. The van der Waals surface area contributed by atoms with Crippen LogP contribution in [0.1, 0.15) is 37.3 Å². The first-order valence-electron chi connectivity index (χ1n) is 7.26. The second-order valence-corrected chi connectivity index (χ2v) is 5.96. The van der Waals surface area contributed by atoms with Crippen LogP contribution in [0.15, 0.2) is 24.3 Å². The van der Waals surface area contributed by atoms with Crippen LogP contribution in [0.4, 0.5) is 0 Å². The highest BCUT2D eigenvalue weighted by Crippen LogP contribution is 2.21. The van der Waals surface area contributed by atoms with E-state index in [0.29, 0.717) is 17.3 Å². The van der Waals surface area contributed by atoms with Crippen LogP contribution in [0.5, 0.6) is 0 Å². The van der Waals surface area contributed by atoms with Gasteiger partial charge < -0.3 is 10.6 Å². The zero-order valence-electron chi connectivity index (χ0n) is 12.0. The summed E-state index contributed by atoms with van der Waals surface area (Å²) in [5.41, 5.74) is 7.43. The molecule has 1 saturated heterocycles. The van der Waals surface area contributed by atoms with Crippen molar-refractivity contribution in [1.29, 1.82) is 0 Å². The third kappa shape index (κ3) is 3.79. The average molecular weight is 290 g/mol. The molecule has 0 radical (unpaired) electrons. The van der Waals surface area contributed by atoms with Gasteiger partial charge in [0.1, 0.15) is 4.99 Å². The van der Waals surface area contributed by atoms with Crippen molar-refractivity contribution in [2.24, 2.45) is 11.7 Å². The van der Waals surface area contributed by atoms with Crippen molar-refractivity contribution in [2.45, 2.75) is 32.6 Å². The van der Waals surface area contributed by atoms with E-state index in [4.69, 9.17) is 18.0 Å². The smallest absolute Gasteiger partial charge is 0.226 e. The van der Waals surface area contributed by atoms with Gasteiger partial charge >= 0.3 is 0 Å². The molecule has 1 aromatic carbocycles. The molecule has 20 heavy (non-hydrogen) atoms. The zero-order valence-corrected chi connectivity index (χ0v) is 12.8. The molecule has 2 N–H and O–H groups in total. The summed E-state index contributed by atoms with van der Waals surface area (Å²) < 4.78 is 0. The van der Waals surface area contributed by atoms with Gasteiger partial charge in [-0.2, -0.15) is 0 Å². The number of rotatable bonds is 5. The van der Waals surface area contributed by atoms with E-state index >= 15 is 0 Å². The predicted octanol–water partition coefficient (Wildman–Crippen LogP) is 2.51. The van der Waals surface area contributed by atoms with Crippen LogP contribution in [0.25, 0.3) is 0 Å². The standard InChI is InChI=1S/C16H22N2OS/c1-2-3-13-8-9-18(11-13)15(19)10-12-4-6-14(7-5-12)16(17)20/h4-7,13H,2-3,8-11H2,1H3,(H2,17,20). The number of carbonyl (C=O) groups is 1. The van der Waals surface area contributed by atoms with E-state index < -0.39 is 0 Å². The third-order valence-electron chi connectivity index (χ3n) is 3.93. The molecule has 1 atom stereocenters. The number of carbonyl (C=O) groups excluding carboxylic acids is 1. The van der Waals surface area contributed by atoms with Gasteiger partial charge in [-0.25, -0.2) is 0 Å². The Kier molecular flexibility index (Phi) is 5.12. The van der Waals surface area contributed by atoms with E-state index in [1.54, 1.807) is 0 Å². The van der Waals surface area contributed by atoms with Gasteiger partial charge in [-0.1, -0.05) is 49.8 Å². The van der Waals surface area contributed by atoms with E-state index in [2.05, 4.69) is 6.92 Å². The lowest BCUT2D eigenvalue weighted by atomic mass is 10.0. The summed E-state index contributed by atoms with van der Waals surface area (Å²) in [5.74, 6) is 0.924. The molecule has 0 aromatic heterocycles. The van der Waals surface area contributed by atoms with Crippen molar-refractivity contribution in [2.75, 3.05) is 13.1 Å². The lowest BCUT2D eigenvalue weighted by Crippen LogP contribution is -2.30. The summed E-state index contributed by atoms with van der Waals surface area (Å²) in [6.07, 6.45) is 4.05. The van der Waals surface area contributed by atoms with Crippen molar-refractivity contribution in [3.63, 3.8) is 0 Å². The largest absolute Gasteiger partial charge is 0.389 e. The van der Waals surface area contributed by atoms with E-state index in [9.17, 15) is 4.79 Å². The molecule has 108 valence electrons. The number of nitrogens with zero attached hydrogens (tertiary/aromatic N) is 1. The topological polar surface area (TPSA) is 46.3 Å². The van der Waals surface area contributed by atoms with Gasteiger partial charge in [0.15, 0.2) is 0 Å². The average Bonchev–Trinajstić information content (AvgIpc) is 2.88. The van der Waals surface area contributed by atoms with Crippen LogP contribution in [0, 0.1) is 5.92 Å². The Morgan fingerprint density at radius 3 is 2.70 bits per heavy atom. The molecule has 1 aliphatic heterocycles. The molecule has 3 nitrogen and oxygen atoms in total. The molecular weight excluding hydrogens is 268 g/mol. The molecule has 1 heterocycles. The van der Waals surface area contributed by atoms with Gasteiger partial charge in [-0.3, -0.25) is 4.79 Å². The summed E-state index contributed by atoms with van der Waals surface area (Å²) in [6, 6.07) is 7.64. The number of thiocarbonyl (C=S) groups is 1. The first-order chi connectivity index (χ1) is 9.60. The van der Waals surface area contributed by atoms with Gasteiger partial charge in [-0.05, 0) is 24.3 Å². The highest BCUT2D eigenvalue weighted by molar-refractivity contribution is 7.80. The summed E-state index contributed by atoms with van der Waals surface area (Å²) in [4.78, 5) is 14.7. The molecule has 0 aliphatic carbocycles. The zero-order chi connectivity index (χ0) is 14.5. The molecule has 1 amide bonds. The second-order valence-electron chi connectivity index (χ2n) is 5.52. The minimum Gasteiger partial charge on any atom is -0.389 e. The summed E-state index contributed by atoms with van der Waals surface area (Å²) in [7, 11) is 0. The molecule has 4 heteroatoms. The SMILES string of the molecule is CCCC1CCN(C(=O)Cc2ccc(C(N)=S)cc2)C1. The Morgan fingerprint density at radius 1 is 1.40 bits per heavy atom. The summed E-state index contributed by atoms with van der Waals surface area (Å²) >= 11 is 4.92.